The average Bonchev–Trinajstić information content (AvgIpc) is 3.34. The van der Waals surface area contributed by atoms with Gasteiger partial charge in [0.25, 0.3) is 0 Å². The van der Waals surface area contributed by atoms with Crippen molar-refractivity contribution in [3.05, 3.63) is 0 Å². The van der Waals surface area contributed by atoms with Crippen LogP contribution in [-0.2, 0) is 9.53 Å². The van der Waals surface area contributed by atoms with Crippen LogP contribution in [0.2, 0.25) is 0 Å². The first-order valence-electron chi connectivity index (χ1n) is 8.52. The Bertz CT molecular complexity index is 374. The zero-order valence-corrected chi connectivity index (χ0v) is 13.4. The first kappa shape index (κ1) is 15.3. The van der Waals surface area contributed by atoms with Crippen molar-refractivity contribution < 1.29 is 9.53 Å². The van der Waals surface area contributed by atoms with Crippen molar-refractivity contribution in [3.63, 3.8) is 0 Å². The summed E-state index contributed by atoms with van der Waals surface area (Å²) >= 11 is 0. The molecular formula is C16H29N3O2. The number of rotatable bonds is 7. The molecule has 120 valence electrons. The van der Waals surface area contributed by atoms with Crippen molar-refractivity contribution in [1.82, 2.24) is 15.1 Å². The quantitative estimate of drug-likeness (QED) is 0.705. The van der Waals surface area contributed by atoms with Gasteiger partial charge in [-0.25, -0.2) is 0 Å². The molecule has 1 atom stereocenters. The molecule has 1 unspecified atom stereocenters. The Morgan fingerprint density at radius 1 is 1.19 bits per heavy atom. The minimum absolute atomic E-state index is 0.0958. The number of piperazine rings is 1. The normalized spacial score (nSPS) is 27.3. The molecule has 1 saturated heterocycles. The molecule has 2 saturated carbocycles. The van der Waals surface area contributed by atoms with E-state index < -0.39 is 5.54 Å². The maximum atomic E-state index is 12.4. The van der Waals surface area contributed by atoms with Crippen LogP contribution in [0.5, 0.6) is 0 Å². The summed E-state index contributed by atoms with van der Waals surface area (Å²) in [5, 5.41) is 3.52. The van der Waals surface area contributed by atoms with Gasteiger partial charge in [0, 0.05) is 44.8 Å². The molecule has 3 rings (SSSR count). The van der Waals surface area contributed by atoms with Crippen molar-refractivity contribution in [2.24, 2.45) is 0 Å². The molecular weight excluding hydrogens is 266 g/mol. The highest BCUT2D eigenvalue weighted by atomic mass is 16.5. The lowest BCUT2D eigenvalue weighted by molar-refractivity contribution is -0.151. The molecule has 2 aliphatic carbocycles. The van der Waals surface area contributed by atoms with Gasteiger partial charge in [-0.1, -0.05) is 0 Å². The summed E-state index contributed by atoms with van der Waals surface area (Å²) in [5.41, 5.74) is -0.557. The van der Waals surface area contributed by atoms with Crippen LogP contribution >= 0.6 is 0 Å². The van der Waals surface area contributed by atoms with Crippen molar-refractivity contribution in [2.75, 3.05) is 39.3 Å². The van der Waals surface area contributed by atoms with Crippen LogP contribution in [0.25, 0.3) is 0 Å². The van der Waals surface area contributed by atoms with E-state index in [0.29, 0.717) is 12.6 Å². The number of hydrogen-bond donors (Lipinski definition) is 1. The zero-order chi connectivity index (χ0) is 14.9. The van der Waals surface area contributed by atoms with Gasteiger partial charge in [-0.3, -0.25) is 19.9 Å². The van der Waals surface area contributed by atoms with Gasteiger partial charge in [-0.15, -0.1) is 0 Å². The summed E-state index contributed by atoms with van der Waals surface area (Å²) in [6.45, 7) is 9.53. The smallest absolute Gasteiger partial charge is 0.327 e. The minimum atomic E-state index is -0.557. The van der Waals surface area contributed by atoms with Crippen LogP contribution in [0, 0.1) is 0 Å². The lowest BCUT2D eigenvalue weighted by Crippen LogP contribution is -2.60. The van der Waals surface area contributed by atoms with Crippen molar-refractivity contribution in [1.29, 1.82) is 0 Å². The van der Waals surface area contributed by atoms with Gasteiger partial charge >= 0.3 is 5.97 Å². The van der Waals surface area contributed by atoms with Gasteiger partial charge in [0.2, 0.25) is 0 Å². The van der Waals surface area contributed by atoms with E-state index in [1.165, 1.54) is 25.7 Å². The highest BCUT2D eigenvalue weighted by Gasteiger charge is 2.42. The Labute approximate surface area is 128 Å². The van der Waals surface area contributed by atoms with E-state index >= 15 is 0 Å². The van der Waals surface area contributed by atoms with E-state index in [9.17, 15) is 4.79 Å². The first-order chi connectivity index (χ1) is 10.1. The van der Waals surface area contributed by atoms with Crippen molar-refractivity contribution in [2.45, 2.75) is 57.2 Å². The third-order valence-electron chi connectivity index (χ3n) is 4.84. The summed E-state index contributed by atoms with van der Waals surface area (Å²) < 4.78 is 5.31. The molecule has 1 aliphatic heterocycles. The number of hydrogen-bond acceptors (Lipinski definition) is 5. The molecule has 0 radical (unpaired) electrons. The highest BCUT2D eigenvalue weighted by molar-refractivity contribution is 5.80. The molecule has 0 aromatic heterocycles. The molecule has 0 aromatic rings. The van der Waals surface area contributed by atoms with Crippen LogP contribution in [-0.4, -0.2) is 72.7 Å². The number of carbonyl (C=O) groups is 1. The summed E-state index contributed by atoms with van der Waals surface area (Å²) in [4.78, 5) is 17.4. The summed E-state index contributed by atoms with van der Waals surface area (Å²) in [5.74, 6) is -0.0958. The van der Waals surface area contributed by atoms with E-state index in [0.717, 1.165) is 38.8 Å². The van der Waals surface area contributed by atoms with Crippen molar-refractivity contribution in [3.8, 4) is 0 Å². The number of esters is 1. The number of carbonyl (C=O) groups excluding carboxylic acids is 1. The maximum Gasteiger partial charge on any atom is 0.327 e. The van der Waals surface area contributed by atoms with Gasteiger partial charge < -0.3 is 4.74 Å². The van der Waals surface area contributed by atoms with E-state index in [1.54, 1.807) is 0 Å². The lowest BCUT2D eigenvalue weighted by atomic mass is 10.0. The zero-order valence-electron chi connectivity index (χ0n) is 13.4. The summed E-state index contributed by atoms with van der Waals surface area (Å²) in [6.07, 6.45) is 5.13. The van der Waals surface area contributed by atoms with Gasteiger partial charge in [-0.2, -0.15) is 0 Å². The molecule has 0 aromatic carbocycles. The Hall–Kier alpha value is -0.650. The van der Waals surface area contributed by atoms with E-state index in [-0.39, 0.29) is 5.97 Å². The lowest BCUT2D eigenvalue weighted by Gasteiger charge is -2.39. The van der Waals surface area contributed by atoms with E-state index in [1.807, 2.05) is 13.8 Å². The van der Waals surface area contributed by atoms with Crippen LogP contribution in [0.3, 0.4) is 0 Å². The Kier molecular flexibility index (Phi) is 4.52. The molecule has 1 heterocycles. The topological polar surface area (TPSA) is 44.8 Å². The van der Waals surface area contributed by atoms with Crippen LogP contribution in [0.15, 0.2) is 0 Å². The molecule has 5 heteroatoms. The Morgan fingerprint density at radius 3 is 2.38 bits per heavy atom. The first-order valence-corrected chi connectivity index (χ1v) is 8.52. The van der Waals surface area contributed by atoms with Crippen LogP contribution in [0.1, 0.15) is 39.5 Å². The van der Waals surface area contributed by atoms with Gasteiger partial charge in [0.05, 0.1) is 6.61 Å². The summed E-state index contributed by atoms with van der Waals surface area (Å²) in [6, 6.07) is 1.36. The van der Waals surface area contributed by atoms with Gasteiger partial charge in [-0.05, 0) is 39.5 Å². The third kappa shape index (κ3) is 3.96. The third-order valence-corrected chi connectivity index (χ3v) is 4.84. The SMILES string of the molecule is CCOC(=O)C(C)(CN1CCN(C2CC2)CC1)NC1CC1. The fourth-order valence-corrected chi connectivity index (χ4v) is 3.31. The minimum Gasteiger partial charge on any atom is -0.465 e. The Morgan fingerprint density at radius 2 is 1.86 bits per heavy atom. The predicted molar refractivity (Wildman–Crippen MR) is 82.2 cm³/mol. The second-order valence-corrected chi connectivity index (χ2v) is 7.01. The monoisotopic (exact) mass is 295 g/mol. The standard InChI is InChI=1S/C16H29N3O2/c1-3-21-15(20)16(2,17-13-4-5-13)12-18-8-10-19(11-9-18)14-6-7-14/h13-14,17H,3-12H2,1-2H3. The van der Waals surface area contributed by atoms with E-state index in [4.69, 9.17) is 4.74 Å². The molecule has 1 N–H and O–H groups in total. The fraction of sp³-hybridized carbons (Fsp3) is 0.938. The van der Waals surface area contributed by atoms with Crippen LogP contribution < -0.4 is 5.32 Å². The Balaban J connectivity index is 1.54. The molecule has 5 nitrogen and oxygen atoms in total. The molecule has 0 amide bonds. The second-order valence-electron chi connectivity index (χ2n) is 7.01. The number of nitrogens with one attached hydrogen (secondary N) is 1. The molecule has 3 fully saturated rings. The van der Waals surface area contributed by atoms with Gasteiger partial charge in [0.1, 0.15) is 5.54 Å². The molecule has 0 bridgehead atoms. The molecule has 3 aliphatic rings. The maximum absolute atomic E-state index is 12.4. The molecule has 21 heavy (non-hydrogen) atoms. The summed E-state index contributed by atoms with van der Waals surface area (Å²) in [7, 11) is 0. The van der Waals surface area contributed by atoms with Crippen molar-refractivity contribution >= 4 is 5.97 Å². The number of nitrogens with zero attached hydrogens (tertiary/aromatic N) is 2. The predicted octanol–water partition coefficient (Wildman–Crippen LogP) is 0.840. The fourth-order valence-electron chi connectivity index (χ4n) is 3.31. The average molecular weight is 295 g/mol. The number of ether oxygens (including phenoxy) is 1. The highest BCUT2D eigenvalue weighted by Crippen LogP contribution is 2.28. The van der Waals surface area contributed by atoms with Crippen LogP contribution in [0.4, 0.5) is 0 Å². The second kappa shape index (κ2) is 6.23. The largest absolute Gasteiger partial charge is 0.465 e. The van der Waals surface area contributed by atoms with Gasteiger partial charge in [0.15, 0.2) is 0 Å². The molecule has 0 spiro atoms. The van der Waals surface area contributed by atoms with E-state index in [2.05, 4.69) is 15.1 Å².